The average molecular weight is 482 g/mol. The Balaban J connectivity index is 1.20. The number of aromatic nitrogens is 2. The molecule has 0 radical (unpaired) electrons. The van der Waals surface area contributed by atoms with Gasteiger partial charge in [-0.1, -0.05) is 42.5 Å². The Morgan fingerprint density at radius 3 is 2.64 bits per heavy atom. The molecule has 3 N–H and O–H groups in total. The summed E-state index contributed by atoms with van der Waals surface area (Å²) in [5, 5.41) is 8.36. The summed E-state index contributed by atoms with van der Waals surface area (Å²) in [5.74, 6) is 0.0102. The zero-order valence-corrected chi connectivity index (χ0v) is 20.0. The first kappa shape index (κ1) is 23.3. The SMILES string of the molecule is Cc1nc2cc(NC(=O)CC[C@H]3NC(=O)c4ccccc4NC3=O)ccc2n1CCc1ccccc1. The maximum Gasteiger partial charge on any atom is 0.254 e. The van der Waals surface area contributed by atoms with Gasteiger partial charge in [-0.15, -0.1) is 0 Å². The molecule has 36 heavy (non-hydrogen) atoms. The number of carbonyl (C=O) groups excluding carboxylic acids is 3. The van der Waals surface area contributed by atoms with Gasteiger partial charge in [-0.2, -0.15) is 0 Å². The molecule has 0 aliphatic carbocycles. The van der Waals surface area contributed by atoms with Crippen molar-refractivity contribution in [2.45, 2.75) is 38.8 Å². The highest BCUT2D eigenvalue weighted by Gasteiger charge is 2.27. The summed E-state index contributed by atoms with van der Waals surface area (Å²) in [6.07, 6.45) is 1.17. The van der Waals surface area contributed by atoms with E-state index in [1.165, 1.54) is 5.56 Å². The van der Waals surface area contributed by atoms with E-state index in [0.29, 0.717) is 16.9 Å². The van der Waals surface area contributed by atoms with Crippen LogP contribution in [-0.2, 0) is 22.6 Å². The summed E-state index contributed by atoms with van der Waals surface area (Å²) >= 11 is 0. The lowest BCUT2D eigenvalue weighted by Crippen LogP contribution is -2.41. The van der Waals surface area contributed by atoms with E-state index in [-0.39, 0.29) is 30.6 Å². The zero-order chi connectivity index (χ0) is 25.1. The number of amides is 3. The smallest absolute Gasteiger partial charge is 0.254 e. The summed E-state index contributed by atoms with van der Waals surface area (Å²) in [6, 6.07) is 22.0. The lowest BCUT2D eigenvalue weighted by molar-refractivity contribution is -0.118. The molecule has 1 aromatic heterocycles. The maximum absolute atomic E-state index is 12.6. The fourth-order valence-electron chi connectivity index (χ4n) is 4.51. The Morgan fingerprint density at radius 1 is 1.03 bits per heavy atom. The lowest BCUT2D eigenvalue weighted by atomic mass is 10.1. The highest BCUT2D eigenvalue weighted by molar-refractivity contribution is 6.10. The highest BCUT2D eigenvalue weighted by atomic mass is 16.2. The van der Waals surface area contributed by atoms with Gasteiger partial charge in [0.25, 0.3) is 5.91 Å². The van der Waals surface area contributed by atoms with E-state index >= 15 is 0 Å². The van der Waals surface area contributed by atoms with Crippen molar-refractivity contribution in [2.75, 3.05) is 10.6 Å². The van der Waals surface area contributed by atoms with Crippen molar-refractivity contribution in [1.29, 1.82) is 0 Å². The van der Waals surface area contributed by atoms with Crippen LogP contribution in [0.4, 0.5) is 11.4 Å². The molecule has 0 fully saturated rings. The van der Waals surface area contributed by atoms with Crippen molar-refractivity contribution in [2.24, 2.45) is 0 Å². The van der Waals surface area contributed by atoms with E-state index in [9.17, 15) is 14.4 Å². The van der Waals surface area contributed by atoms with Crippen LogP contribution < -0.4 is 16.0 Å². The van der Waals surface area contributed by atoms with Crippen LogP contribution in [0.1, 0.15) is 34.6 Å². The summed E-state index contributed by atoms with van der Waals surface area (Å²) in [5.41, 5.74) is 4.61. The Kier molecular flexibility index (Phi) is 6.49. The van der Waals surface area contributed by atoms with Gasteiger partial charge in [0, 0.05) is 18.7 Å². The van der Waals surface area contributed by atoms with Crippen LogP contribution in [0.3, 0.4) is 0 Å². The number of hydrogen-bond acceptors (Lipinski definition) is 4. The normalized spacial score (nSPS) is 15.1. The van der Waals surface area contributed by atoms with Gasteiger partial charge in [-0.3, -0.25) is 14.4 Å². The van der Waals surface area contributed by atoms with E-state index in [1.54, 1.807) is 24.3 Å². The minimum atomic E-state index is -0.791. The molecular formula is C28H27N5O3. The second-order valence-electron chi connectivity index (χ2n) is 8.90. The molecule has 2 heterocycles. The molecule has 3 amide bonds. The Labute approximate surface area is 208 Å². The molecule has 0 spiro atoms. The standard InChI is InChI=1S/C28H27N5O3/c1-18-29-24-17-20(11-13-25(24)33(18)16-15-19-7-3-2-4-8-19)30-26(34)14-12-23-28(36)31-22-10-6-5-9-21(22)27(35)32-23/h2-11,13,17,23H,12,14-16H2,1H3,(H,30,34)(H,31,36)(H,32,35)/t23-/m1/s1. The van der Waals surface area contributed by atoms with Crippen molar-refractivity contribution in [3.63, 3.8) is 0 Å². The molecule has 182 valence electrons. The predicted molar refractivity (Wildman–Crippen MR) is 139 cm³/mol. The number of hydrogen-bond donors (Lipinski definition) is 3. The fourth-order valence-corrected chi connectivity index (χ4v) is 4.51. The lowest BCUT2D eigenvalue weighted by Gasteiger charge is -2.14. The van der Waals surface area contributed by atoms with Gasteiger partial charge < -0.3 is 20.5 Å². The highest BCUT2D eigenvalue weighted by Crippen LogP contribution is 2.22. The van der Waals surface area contributed by atoms with Gasteiger partial charge in [0.05, 0.1) is 22.3 Å². The molecule has 0 saturated carbocycles. The van der Waals surface area contributed by atoms with E-state index < -0.39 is 6.04 Å². The van der Waals surface area contributed by atoms with Gasteiger partial charge in [-0.05, 0) is 55.7 Å². The van der Waals surface area contributed by atoms with Crippen LogP contribution in [0.15, 0.2) is 72.8 Å². The van der Waals surface area contributed by atoms with Crippen LogP contribution >= 0.6 is 0 Å². The Hall–Kier alpha value is -4.46. The topological polar surface area (TPSA) is 105 Å². The number of para-hydroxylation sites is 1. The minimum absolute atomic E-state index is 0.0806. The molecule has 1 aliphatic heterocycles. The Morgan fingerprint density at radius 2 is 1.81 bits per heavy atom. The molecule has 0 saturated heterocycles. The first-order valence-corrected chi connectivity index (χ1v) is 12.0. The monoisotopic (exact) mass is 481 g/mol. The number of imidazole rings is 1. The summed E-state index contributed by atoms with van der Waals surface area (Å²) in [4.78, 5) is 42.3. The second-order valence-corrected chi connectivity index (χ2v) is 8.90. The quantitative estimate of drug-likeness (QED) is 0.370. The number of aryl methyl sites for hydroxylation is 3. The van der Waals surface area contributed by atoms with Crippen molar-refractivity contribution >= 4 is 40.1 Å². The van der Waals surface area contributed by atoms with Crippen LogP contribution in [0.5, 0.6) is 0 Å². The molecule has 8 heteroatoms. The number of nitrogens with one attached hydrogen (secondary N) is 3. The van der Waals surface area contributed by atoms with Gasteiger partial charge >= 0.3 is 0 Å². The van der Waals surface area contributed by atoms with Gasteiger partial charge in [0.2, 0.25) is 11.8 Å². The number of nitrogens with zero attached hydrogens (tertiary/aromatic N) is 2. The zero-order valence-electron chi connectivity index (χ0n) is 20.0. The fraction of sp³-hybridized carbons (Fsp3) is 0.214. The van der Waals surface area contributed by atoms with Crippen molar-refractivity contribution in [1.82, 2.24) is 14.9 Å². The largest absolute Gasteiger partial charge is 0.340 e. The molecule has 0 bridgehead atoms. The van der Waals surface area contributed by atoms with E-state index in [2.05, 4.69) is 37.6 Å². The predicted octanol–water partition coefficient (Wildman–Crippen LogP) is 4.06. The number of benzene rings is 3. The first-order valence-electron chi connectivity index (χ1n) is 12.0. The molecule has 1 atom stereocenters. The third-order valence-electron chi connectivity index (χ3n) is 6.40. The number of carbonyl (C=O) groups is 3. The van der Waals surface area contributed by atoms with E-state index in [4.69, 9.17) is 0 Å². The molecule has 5 rings (SSSR count). The Bertz CT molecular complexity index is 1440. The molecule has 3 aromatic carbocycles. The van der Waals surface area contributed by atoms with E-state index in [0.717, 1.165) is 29.8 Å². The molecule has 0 unspecified atom stereocenters. The summed E-state index contributed by atoms with van der Waals surface area (Å²) in [7, 11) is 0. The molecule has 4 aromatic rings. The van der Waals surface area contributed by atoms with Gasteiger partial charge in [0.15, 0.2) is 0 Å². The van der Waals surface area contributed by atoms with Gasteiger partial charge in [0.1, 0.15) is 11.9 Å². The number of fused-ring (bicyclic) bond motifs is 2. The van der Waals surface area contributed by atoms with Crippen LogP contribution in [0, 0.1) is 6.92 Å². The van der Waals surface area contributed by atoms with Crippen LogP contribution in [0.25, 0.3) is 11.0 Å². The minimum Gasteiger partial charge on any atom is -0.340 e. The summed E-state index contributed by atoms with van der Waals surface area (Å²) < 4.78 is 2.18. The van der Waals surface area contributed by atoms with Crippen molar-refractivity contribution in [3.05, 3.63) is 89.7 Å². The van der Waals surface area contributed by atoms with E-state index in [1.807, 2.05) is 43.3 Å². The molecular weight excluding hydrogens is 454 g/mol. The van der Waals surface area contributed by atoms with Crippen LogP contribution in [-0.4, -0.2) is 33.3 Å². The van der Waals surface area contributed by atoms with Gasteiger partial charge in [-0.25, -0.2) is 4.98 Å². The molecule has 1 aliphatic rings. The first-order chi connectivity index (χ1) is 17.5. The third-order valence-corrected chi connectivity index (χ3v) is 6.40. The number of anilines is 2. The van der Waals surface area contributed by atoms with Crippen molar-refractivity contribution < 1.29 is 14.4 Å². The average Bonchev–Trinajstić information content (AvgIpc) is 3.13. The van der Waals surface area contributed by atoms with Crippen LogP contribution in [0.2, 0.25) is 0 Å². The molecule has 8 nitrogen and oxygen atoms in total. The summed E-state index contributed by atoms with van der Waals surface area (Å²) in [6.45, 7) is 2.80. The number of rotatable bonds is 7. The maximum atomic E-state index is 12.6. The second kappa shape index (κ2) is 10.0. The third kappa shape index (κ3) is 4.98. The van der Waals surface area contributed by atoms with Crippen molar-refractivity contribution in [3.8, 4) is 0 Å².